The third kappa shape index (κ3) is 4.41. The molecule has 2 saturated heterocycles. The maximum atomic E-state index is 12.3. The second-order valence-electron chi connectivity index (χ2n) is 8.71. The summed E-state index contributed by atoms with van der Waals surface area (Å²) >= 11 is 0. The fourth-order valence-corrected chi connectivity index (χ4v) is 4.46. The smallest absolute Gasteiger partial charge is 0.253 e. The number of amides is 1. The van der Waals surface area contributed by atoms with E-state index in [-0.39, 0.29) is 11.5 Å². The van der Waals surface area contributed by atoms with Gasteiger partial charge in [0, 0.05) is 38.5 Å². The highest BCUT2D eigenvalue weighted by Gasteiger charge is 2.39. The lowest BCUT2D eigenvalue weighted by atomic mass is 9.94. The normalized spacial score (nSPS) is 27.3. The van der Waals surface area contributed by atoms with Crippen molar-refractivity contribution in [2.75, 3.05) is 32.7 Å². The molecule has 27 heavy (non-hydrogen) atoms. The molecule has 1 amide bonds. The topological polar surface area (TPSA) is 78.7 Å². The maximum absolute atomic E-state index is 12.3. The molecule has 0 radical (unpaired) electrons. The molecule has 1 aromatic heterocycles. The van der Waals surface area contributed by atoms with Gasteiger partial charge in [0.2, 0.25) is 5.91 Å². The molecule has 1 aliphatic carbocycles. The molecule has 7 nitrogen and oxygen atoms in total. The summed E-state index contributed by atoms with van der Waals surface area (Å²) in [5.41, 5.74) is 0.243. The first-order chi connectivity index (χ1) is 12.9. The third-order valence-electron chi connectivity index (χ3n) is 6.35. The van der Waals surface area contributed by atoms with Crippen LogP contribution in [-0.4, -0.2) is 68.7 Å². The van der Waals surface area contributed by atoms with Gasteiger partial charge in [-0.2, -0.15) is 0 Å². The summed E-state index contributed by atoms with van der Waals surface area (Å²) in [6.45, 7) is 5.86. The summed E-state index contributed by atoms with van der Waals surface area (Å²) in [7, 11) is 0. The molecular weight excluding hydrogens is 344 g/mol. The Morgan fingerprint density at radius 1 is 1.26 bits per heavy atom. The first kappa shape index (κ1) is 18.6. The fourth-order valence-electron chi connectivity index (χ4n) is 4.46. The molecule has 3 heterocycles. The molecule has 1 aromatic rings. The third-order valence-corrected chi connectivity index (χ3v) is 6.35. The number of aromatic nitrogens is 2. The molecule has 2 aliphatic heterocycles. The van der Waals surface area contributed by atoms with Gasteiger partial charge in [0.05, 0.1) is 24.2 Å². The van der Waals surface area contributed by atoms with E-state index in [0.29, 0.717) is 37.9 Å². The number of aliphatic hydroxyl groups is 1. The molecular formula is C20H30N4O3. The van der Waals surface area contributed by atoms with Crippen LogP contribution in [0.5, 0.6) is 0 Å². The van der Waals surface area contributed by atoms with Crippen LogP contribution >= 0.6 is 0 Å². The number of hydrogen-bond acceptors (Lipinski definition) is 5. The van der Waals surface area contributed by atoms with E-state index >= 15 is 0 Å². The number of nitrogens with zero attached hydrogens (tertiary/aromatic N) is 4. The molecule has 148 valence electrons. The average molecular weight is 374 g/mol. The number of piperidine rings is 1. The van der Waals surface area contributed by atoms with Gasteiger partial charge in [-0.15, -0.1) is 0 Å². The maximum Gasteiger partial charge on any atom is 0.253 e. The number of carbonyl (C=O) groups excluding carboxylic acids is 1. The standard InChI is InChI=1S/C20H30N4O3/c1-15(25)23-9-6-20(27,13-23)12-22-7-4-16(5-8-22)11-24-14-21-18(10-19(24)26)17-2-3-17/h10,14,16-17,27H,2-9,11-13H2,1H3. The quantitative estimate of drug-likeness (QED) is 0.825. The molecule has 7 heteroatoms. The van der Waals surface area contributed by atoms with Crippen molar-refractivity contribution < 1.29 is 9.90 Å². The molecule has 0 aromatic carbocycles. The summed E-state index contributed by atoms with van der Waals surface area (Å²) in [4.78, 5) is 32.3. The van der Waals surface area contributed by atoms with Gasteiger partial charge in [0.25, 0.3) is 5.56 Å². The van der Waals surface area contributed by atoms with E-state index < -0.39 is 5.60 Å². The van der Waals surface area contributed by atoms with E-state index in [1.807, 2.05) is 0 Å². The van der Waals surface area contributed by atoms with Gasteiger partial charge in [-0.25, -0.2) is 4.98 Å². The van der Waals surface area contributed by atoms with Crippen LogP contribution in [0.1, 0.15) is 50.6 Å². The molecule has 0 bridgehead atoms. The summed E-state index contributed by atoms with van der Waals surface area (Å²) in [6.07, 6.45) is 6.73. The lowest BCUT2D eigenvalue weighted by Crippen LogP contribution is -2.48. The van der Waals surface area contributed by atoms with Crippen LogP contribution in [0, 0.1) is 5.92 Å². The Balaban J connectivity index is 1.27. The van der Waals surface area contributed by atoms with Crippen LogP contribution < -0.4 is 5.56 Å². The minimum absolute atomic E-state index is 0.0383. The van der Waals surface area contributed by atoms with Crippen molar-refractivity contribution in [3.05, 3.63) is 28.4 Å². The molecule has 1 N–H and O–H groups in total. The number of hydrogen-bond donors (Lipinski definition) is 1. The highest BCUT2D eigenvalue weighted by Crippen LogP contribution is 2.38. The zero-order valence-corrected chi connectivity index (χ0v) is 16.1. The molecule has 4 rings (SSSR count). The van der Waals surface area contributed by atoms with E-state index in [1.165, 1.54) is 0 Å². The monoisotopic (exact) mass is 374 g/mol. The van der Waals surface area contributed by atoms with Crippen LogP contribution in [0.15, 0.2) is 17.2 Å². The Morgan fingerprint density at radius 2 is 2.00 bits per heavy atom. The van der Waals surface area contributed by atoms with E-state index in [1.54, 1.807) is 28.8 Å². The van der Waals surface area contributed by atoms with Crippen molar-refractivity contribution >= 4 is 5.91 Å². The van der Waals surface area contributed by atoms with Crippen molar-refractivity contribution in [2.45, 2.75) is 57.1 Å². The van der Waals surface area contributed by atoms with Gasteiger partial charge in [0.15, 0.2) is 0 Å². The highest BCUT2D eigenvalue weighted by molar-refractivity contribution is 5.73. The summed E-state index contributed by atoms with van der Waals surface area (Å²) in [5, 5.41) is 10.8. The van der Waals surface area contributed by atoms with Crippen LogP contribution in [0.4, 0.5) is 0 Å². The number of rotatable bonds is 5. The largest absolute Gasteiger partial charge is 0.387 e. The van der Waals surface area contributed by atoms with Crippen molar-refractivity contribution in [3.63, 3.8) is 0 Å². The fraction of sp³-hybridized carbons (Fsp3) is 0.750. The minimum Gasteiger partial charge on any atom is -0.387 e. The van der Waals surface area contributed by atoms with Gasteiger partial charge in [0.1, 0.15) is 0 Å². The van der Waals surface area contributed by atoms with Gasteiger partial charge in [-0.05, 0) is 51.1 Å². The Labute approximate surface area is 160 Å². The van der Waals surface area contributed by atoms with Crippen LogP contribution in [-0.2, 0) is 11.3 Å². The van der Waals surface area contributed by atoms with Crippen LogP contribution in [0.25, 0.3) is 0 Å². The van der Waals surface area contributed by atoms with Gasteiger partial charge >= 0.3 is 0 Å². The Morgan fingerprint density at radius 3 is 2.59 bits per heavy atom. The lowest BCUT2D eigenvalue weighted by molar-refractivity contribution is -0.129. The van der Waals surface area contributed by atoms with Gasteiger partial charge in [-0.1, -0.05) is 0 Å². The first-order valence-electron chi connectivity index (χ1n) is 10.2. The predicted octanol–water partition coefficient (Wildman–Crippen LogP) is 0.816. The highest BCUT2D eigenvalue weighted by atomic mass is 16.3. The van der Waals surface area contributed by atoms with Crippen molar-refractivity contribution in [2.24, 2.45) is 5.92 Å². The van der Waals surface area contributed by atoms with E-state index in [4.69, 9.17) is 0 Å². The zero-order chi connectivity index (χ0) is 19.0. The second kappa shape index (κ2) is 7.36. The van der Waals surface area contributed by atoms with E-state index in [9.17, 15) is 14.7 Å². The minimum atomic E-state index is -0.780. The number of β-amino-alcohol motifs (C(OH)–C–C–N with tert-alkyl or cyclic N) is 1. The van der Waals surface area contributed by atoms with Crippen LogP contribution in [0.3, 0.4) is 0 Å². The number of likely N-dealkylation sites (tertiary alicyclic amines) is 2. The molecule has 3 aliphatic rings. The van der Waals surface area contributed by atoms with Crippen LogP contribution in [0.2, 0.25) is 0 Å². The van der Waals surface area contributed by atoms with Gasteiger partial charge < -0.3 is 14.9 Å². The van der Waals surface area contributed by atoms with Crippen molar-refractivity contribution in [3.8, 4) is 0 Å². The predicted molar refractivity (Wildman–Crippen MR) is 101 cm³/mol. The summed E-state index contributed by atoms with van der Waals surface area (Å²) < 4.78 is 1.75. The molecule has 3 fully saturated rings. The number of carbonyl (C=O) groups is 1. The van der Waals surface area contributed by atoms with E-state index in [0.717, 1.165) is 51.0 Å². The molecule has 1 unspecified atom stereocenters. The summed E-state index contributed by atoms with van der Waals surface area (Å²) in [5.74, 6) is 1.02. The zero-order valence-electron chi connectivity index (χ0n) is 16.1. The lowest BCUT2D eigenvalue weighted by Gasteiger charge is -2.36. The van der Waals surface area contributed by atoms with Crippen molar-refractivity contribution in [1.82, 2.24) is 19.4 Å². The van der Waals surface area contributed by atoms with Crippen molar-refractivity contribution in [1.29, 1.82) is 0 Å². The second-order valence-corrected chi connectivity index (χ2v) is 8.71. The molecule has 1 atom stereocenters. The summed E-state index contributed by atoms with van der Waals surface area (Å²) in [6, 6.07) is 1.71. The molecule has 0 spiro atoms. The Bertz CT molecular complexity index is 752. The van der Waals surface area contributed by atoms with Gasteiger partial charge in [-0.3, -0.25) is 14.2 Å². The SMILES string of the molecule is CC(=O)N1CCC(O)(CN2CCC(Cn3cnc(C4CC4)cc3=O)CC2)C1. The van der Waals surface area contributed by atoms with E-state index in [2.05, 4.69) is 9.88 Å². The average Bonchev–Trinajstić information content (AvgIpc) is 3.41. The Hall–Kier alpha value is -1.73. The first-order valence-corrected chi connectivity index (χ1v) is 10.2. The molecule has 1 saturated carbocycles. The Kier molecular flexibility index (Phi) is 5.07.